The van der Waals surface area contributed by atoms with Crippen LogP contribution in [-0.4, -0.2) is 17.6 Å². The molecule has 1 unspecified atom stereocenters. The maximum absolute atomic E-state index is 11.7. The SMILES string of the molecule is CC(CNC(=O)OCc1ccccc1)c1ccncc1Br. The predicted molar refractivity (Wildman–Crippen MR) is 85.0 cm³/mol. The van der Waals surface area contributed by atoms with Crippen LogP contribution in [0.2, 0.25) is 0 Å². The van der Waals surface area contributed by atoms with E-state index in [1.807, 2.05) is 43.3 Å². The molecule has 0 saturated heterocycles. The minimum absolute atomic E-state index is 0.173. The molecule has 21 heavy (non-hydrogen) atoms. The zero-order valence-electron chi connectivity index (χ0n) is 11.8. The lowest BCUT2D eigenvalue weighted by molar-refractivity contribution is 0.139. The number of aromatic nitrogens is 1. The van der Waals surface area contributed by atoms with E-state index in [0.717, 1.165) is 15.6 Å². The Morgan fingerprint density at radius 1 is 1.33 bits per heavy atom. The van der Waals surface area contributed by atoms with Gasteiger partial charge in [-0.1, -0.05) is 37.3 Å². The number of amides is 1. The van der Waals surface area contributed by atoms with Crippen molar-refractivity contribution in [2.24, 2.45) is 0 Å². The van der Waals surface area contributed by atoms with Gasteiger partial charge in [-0.2, -0.15) is 0 Å². The van der Waals surface area contributed by atoms with Gasteiger partial charge in [0.05, 0.1) is 0 Å². The number of halogens is 1. The molecule has 110 valence electrons. The molecule has 0 aliphatic rings. The molecule has 0 fully saturated rings. The van der Waals surface area contributed by atoms with E-state index >= 15 is 0 Å². The predicted octanol–water partition coefficient (Wildman–Crippen LogP) is 3.87. The number of hydrogen-bond donors (Lipinski definition) is 1. The first-order chi connectivity index (χ1) is 10.2. The van der Waals surface area contributed by atoms with Crippen molar-refractivity contribution in [1.29, 1.82) is 0 Å². The largest absolute Gasteiger partial charge is 0.445 e. The van der Waals surface area contributed by atoms with Crippen molar-refractivity contribution >= 4 is 22.0 Å². The Bertz CT molecular complexity index is 590. The van der Waals surface area contributed by atoms with E-state index in [0.29, 0.717) is 6.54 Å². The standard InChI is InChI=1S/C16H17BrN2O2/c1-12(14-7-8-18-10-15(14)17)9-19-16(20)21-11-13-5-3-2-4-6-13/h2-8,10,12H,9,11H2,1H3,(H,19,20). The molecule has 4 nitrogen and oxygen atoms in total. The van der Waals surface area contributed by atoms with Crippen LogP contribution >= 0.6 is 15.9 Å². The van der Waals surface area contributed by atoms with E-state index < -0.39 is 6.09 Å². The second-order valence-electron chi connectivity index (χ2n) is 4.74. The molecule has 0 radical (unpaired) electrons. The molecule has 2 rings (SSSR count). The summed E-state index contributed by atoms with van der Waals surface area (Å²) in [4.78, 5) is 15.7. The van der Waals surface area contributed by atoms with Gasteiger partial charge in [0.15, 0.2) is 0 Å². The lowest BCUT2D eigenvalue weighted by Gasteiger charge is -2.14. The fraction of sp³-hybridized carbons (Fsp3) is 0.250. The number of rotatable bonds is 5. The minimum atomic E-state index is -0.407. The second kappa shape index (κ2) is 7.78. The summed E-state index contributed by atoms with van der Waals surface area (Å²) in [6.45, 7) is 2.83. The Kier molecular flexibility index (Phi) is 5.75. The fourth-order valence-electron chi connectivity index (χ4n) is 1.91. The van der Waals surface area contributed by atoms with E-state index in [2.05, 4.69) is 26.2 Å². The van der Waals surface area contributed by atoms with Crippen LogP contribution in [0, 0.1) is 0 Å². The zero-order chi connectivity index (χ0) is 15.1. The average molecular weight is 349 g/mol. The quantitative estimate of drug-likeness (QED) is 0.891. The van der Waals surface area contributed by atoms with E-state index in [4.69, 9.17) is 4.74 Å². The van der Waals surface area contributed by atoms with Crippen LogP contribution in [0.4, 0.5) is 4.79 Å². The van der Waals surface area contributed by atoms with Crippen molar-refractivity contribution in [3.63, 3.8) is 0 Å². The van der Waals surface area contributed by atoms with Crippen LogP contribution in [0.15, 0.2) is 53.3 Å². The number of hydrogen-bond acceptors (Lipinski definition) is 3. The molecule has 0 saturated carbocycles. The molecule has 1 aromatic heterocycles. The summed E-state index contributed by atoms with van der Waals surface area (Å²) in [6.07, 6.45) is 3.08. The van der Waals surface area contributed by atoms with Crippen LogP contribution in [0.25, 0.3) is 0 Å². The molecule has 1 atom stereocenters. The molecule has 1 aromatic carbocycles. The Morgan fingerprint density at radius 2 is 2.10 bits per heavy atom. The zero-order valence-corrected chi connectivity index (χ0v) is 13.3. The third-order valence-corrected chi connectivity index (χ3v) is 3.76. The van der Waals surface area contributed by atoms with E-state index in [1.165, 1.54) is 0 Å². The summed E-state index contributed by atoms with van der Waals surface area (Å²) in [6, 6.07) is 11.5. The number of nitrogens with zero attached hydrogens (tertiary/aromatic N) is 1. The van der Waals surface area contributed by atoms with Crippen molar-refractivity contribution in [1.82, 2.24) is 10.3 Å². The summed E-state index contributed by atoms with van der Waals surface area (Å²) < 4.78 is 6.11. The Labute approximate surface area is 132 Å². The highest BCUT2D eigenvalue weighted by atomic mass is 79.9. The molecular formula is C16H17BrN2O2. The summed E-state index contributed by atoms with van der Waals surface area (Å²) >= 11 is 3.46. The van der Waals surface area contributed by atoms with Gasteiger partial charge in [0, 0.05) is 23.4 Å². The molecular weight excluding hydrogens is 332 g/mol. The summed E-state index contributed by atoms with van der Waals surface area (Å²) in [5.74, 6) is 0.173. The summed E-state index contributed by atoms with van der Waals surface area (Å²) in [5, 5.41) is 2.78. The van der Waals surface area contributed by atoms with Gasteiger partial charge < -0.3 is 10.1 Å². The lowest BCUT2D eigenvalue weighted by Crippen LogP contribution is -2.28. The lowest BCUT2D eigenvalue weighted by atomic mass is 10.0. The first-order valence-electron chi connectivity index (χ1n) is 6.71. The molecule has 0 aliphatic heterocycles. The Hall–Kier alpha value is -1.88. The van der Waals surface area contributed by atoms with Gasteiger partial charge in [0.2, 0.25) is 0 Å². The van der Waals surface area contributed by atoms with Gasteiger partial charge in [0.25, 0.3) is 0 Å². The molecule has 1 amide bonds. The third-order valence-electron chi connectivity index (χ3n) is 3.10. The first-order valence-corrected chi connectivity index (χ1v) is 7.50. The van der Waals surface area contributed by atoms with E-state index in [9.17, 15) is 4.79 Å². The first kappa shape index (κ1) is 15.5. The highest BCUT2D eigenvalue weighted by Crippen LogP contribution is 2.22. The second-order valence-corrected chi connectivity index (χ2v) is 5.60. The molecule has 1 N–H and O–H groups in total. The topological polar surface area (TPSA) is 51.2 Å². The van der Waals surface area contributed by atoms with Gasteiger partial charge in [-0.3, -0.25) is 4.98 Å². The summed E-state index contributed by atoms with van der Waals surface area (Å²) in [5.41, 5.74) is 2.07. The average Bonchev–Trinajstić information content (AvgIpc) is 2.52. The van der Waals surface area contributed by atoms with Gasteiger partial charge in [-0.05, 0) is 39.0 Å². The number of ether oxygens (including phenoxy) is 1. The number of alkyl carbamates (subject to hydrolysis) is 1. The van der Waals surface area contributed by atoms with Crippen molar-refractivity contribution in [2.45, 2.75) is 19.4 Å². The monoisotopic (exact) mass is 348 g/mol. The van der Waals surface area contributed by atoms with Gasteiger partial charge in [0.1, 0.15) is 6.61 Å². The molecule has 1 heterocycles. The van der Waals surface area contributed by atoms with E-state index in [-0.39, 0.29) is 12.5 Å². The van der Waals surface area contributed by atoms with Crippen LogP contribution in [-0.2, 0) is 11.3 Å². The maximum atomic E-state index is 11.7. The van der Waals surface area contributed by atoms with Crippen LogP contribution in [0.1, 0.15) is 24.0 Å². The number of pyridine rings is 1. The van der Waals surface area contributed by atoms with Crippen molar-refractivity contribution in [3.8, 4) is 0 Å². The minimum Gasteiger partial charge on any atom is -0.445 e. The number of benzene rings is 1. The molecule has 5 heteroatoms. The van der Waals surface area contributed by atoms with Crippen molar-refractivity contribution < 1.29 is 9.53 Å². The molecule has 0 aliphatic carbocycles. The van der Waals surface area contributed by atoms with Gasteiger partial charge in [-0.15, -0.1) is 0 Å². The van der Waals surface area contributed by atoms with Crippen LogP contribution in [0.3, 0.4) is 0 Å². The Balaban J connectivity index is 1.77. The third kappa shape index (κ3) is 4.86. The smallest absolute Gasteiger partial charge is 0.407 e. The van der Waals surface area contributed by atoms with E-state index in [1.54, 1.807) is 12.4 Å². The normalized spacial score (nSPS) is 11.7. The number of carbonyl (C=O) groups is 1. The molecule has 0 spiro atoms. The summed E-state index contributed by atoms with van der Waals surface area (Å²) in [7, 11) is 0. The Morgan fingerprint density at radius 3 is 2.81 bits per heavy atom. The number of nitrogens with one attached hydrogen (secondary N) is 1. The van der Waals surface area contributed by atoms with Crippen LogP contribution < -0.4 is 5.32 Å². The number of carbonyl (C=O) groups excluding carboxylic acids is 1. The fourth-order valence-corrected chi connectivity index (χ4v) is 2.55. The molecule has 2 aromatic rings. The van der Waals surface area contributed by atoms with Crippen molar-refractivity contribution in [2.75, 3.05) is 6.54 Å². The van der Waals surface area contributed by atoms with Gasteiger partial charge in [-0.25, -0.2) is 4.79 Å². The van der Waals surface area contributed by atoms with Crippen molar-refractivity contribution in [3.05, 3.63) is 64.4 Å². The molecule has 0 bridgehead atoms. The highest BCUT2D eigenvalue weighted by molar-refractivity contribution is 9.10. The van der Waals surface area contributed by atoms with Gasteiger partial charge >= 0.3 is 6.09 Å². The maximum Gasteiger partial charge on any atom is 0.407 e. The van der Waals surface area contributed by atoms with Crippen LogP contribution in [0.5, 0.6) is 0 Å². The highest BCUT2D eigenvalue weighted by Gasteiger charge is 2.11.